The summed E-state index contributed by atoms with van der Waals surface area (Å²) in [6.07, 6.45) is 1.99. The Morgan fingerprint density at radius 3 is 2.59 bits per heavy atom. The van der Waals surface area contributed by atoms with Crippen LogP contribution in [0.4, 0.5) is 0 Å². The Hall–Kier alpha value is -2.43. The fraction of sp³-hybridized carbons (Fsp3) is 0.318. The lowest BCUT2D eigenvalue weighted by Crippen LogP contribution is -2.19. The summed E-state index contributed by atoms with van der Waals surface area (Å²) in [7, 11) is -3.57. The van der Waals surface area contributed by atoms with Gasteiger partial charge in [0.2, 0.25) is 0 Å². The van der Waals surface area contributed by atoms with Gasteiger partial charge in [0.15, 0.2) is 14.6 Å². The zero-order chi connectivity index (χ0) is 23.3. The van der Waals surface area contributed by atoms with Crippen LogP contribution in [-0.4, -0.2) is 49.2 Å². The quantitative estimate of drug-likeness (QED) is 0.444. The molecule has 0 fully saturated rings. The average molecular weight is 493 g/mol. The molecule has 0 atom stereocenters. The summed E-state index contributed by atoms with van der Waals surface area (Å²) < 4.78 is 32.7. The second-order valence-corrected chi connectivity index (χ2v) is 11.0. The first kappa shape index (κ1) is 24.2. The monoisotopic (exact) mass is 492 g/mol. The molecule has 0 N–H and O–H groups in total. The van der Waals surface area contributed by atoms with Crippen molar-refractivity contribution in [2.45, 2.75) is 25.3 Å². The third-order valence-corrected chi connectivity index (χ3v) is 8.16. The van der Waals surface area contributed by atoms with Gasteiger partial charge in [0, 0.05) is 12.3 Å². The number of benzene rings is 2. The van der Waals surface area contributed by atoms with Crippen LogP contribution in [0.2, 0.25) is 0 Å². The van der Waals surface area contributed by atoms with Gasteiger partial charge in [0.25, 0.3) is 5.91 Å². The molecule has 7 nitrogen and oxygen atoms in total. The first-order valence-corrected chi connectivity index (χ1v) is 13.9. The van der Waals surface area contributed by atoms with Crippen LogP contribution in [0.25, 0.3) is 10.2 Å². The van der Waals surface area contributed by atoms with E-state index in [0.29, 0.717) is 16.9 Å². The number of hydrogen-bond acceptors (Lipinski definition) is 7. The molecule has 0 saturated heterocycles. The van der Waals surface area contributed by atoms with E-state index in [1.54, 1.807) is 43.0 Å². The number of amides is 1. The molecular weight excluding hydrogens is 468 g/mol. The summed E-state index contributed by atoms with van der Waals surface area (Å²) in [6, 6.07) is 11.4. The lowest BCUT2D eigenvalue weighted by Gasteiger charge is -2.07. The number of aryl methyl sites for hydroxylation is 1. The molecule has 0 aliphatic carbocycles. The number of carbonyl (C=O) groups is 2. The predicted octanol–water partition coefficient (Wildman–Crippen LogP) is 3.78. The normalized spacial score (nSPS) is 12.3. The molecule has 0 unspecified atom stereocenters. The van der Waals surface area contributed by atoms with Crippen molar-refractivity contribution in [3.05, 3.63) is 58.4 Å². The maximum Gasteiger partial charge on any atom is 0.338 e. The van der Waals surface area contributed by atoms with E-state index in [1.807, 2.05) is 16.9 Å². The van der Waals surface area contributed by atoms with Crippen LogP contribution >= 0.6 is 23.1 Å². The summed E-state index contributed by atoms with van der Waals surface area (Å²) in [5, 5.41) is 0. The Kier molecular flexibility index (Phi) is 7.91. The Balaban J connectivity index is 2.15. The molecule has 32 heavy (non-hydrogen) atoms. The maximum atomic E-state index is 13.0. The second-order valence-electron chi connectivity index (χ2n) is 6.75. The third-order valence-electron chi connectivity index (χ3n) is 4.74. The number of hydrogen-bond donors (Lipinski definition) is 0. The highest BCUT2D eigenvalue weighted by Gasteiger charge is 2.21. The number of esters is 1. The number of fused-ring (bicyclic) bond motifs is 1. The van der Waals surface area contributed by atoms with E-state index in [0.717, 1.165) is 16.0 Å². The number of ether oxygens (including phenoxy) is 1. The van der Waals surface area contributed by atoms with Gasteiger partial charge in [0.05, 0.1) is 38.6 Å². The molecule has 2 aromatic carbocycles. The van der Waals surface area contributed by atoms with Crippen LogP contribution in [0.5, 0.6) is 0 Å². The van der Waals surface area contributed by atoms with E-state index in [2.05, 4.69) is 4.99 Å². The third kappa shape index (κ3) is 5.13. The van der Waals surface area contributed by atoms with E-state index in [1.165, 1.54) is 30.4 Å². The van der Waals surface area contributed by atoms with Crippen LogP contribution in [0.3, 0.4) is 0 Å². The summed E-state index contributed by atoms with van der Waals surface area (Å²) in [4.78, 5) is 29.9. The van der Waals surface area contributed by atoms with Crippen LogP contribution < -0.4 is 4.80 Å². The lowest BCUT2D eigenvalue weighted by atomic mass is 10.2. The van der Waals surface area contributed by atoms with Crippen molar-refractivity contribution in [1.82, 2.24) is 4.57 Å². The molecule has 10 heteroatoms. The first-order chi connectivity index (χ1) is 15.3. The minimum absolute atomic E-state index is 0.0161. The predicted molar refractivity (Wildman–Crippen MR) is 128 cm³/mol. The number of nitrogens with zero attached hydrogens (tertiary/aromatic N) is 2. The van der Waals surface area contributed by atoms with Crippen molar-refractivity contribution in [1.29, 1.82) is 0 Å². The smallest absolute Gasteiger partial charge is 0.338 e. The Labute approximate surface area is 195 Å². The van der Waals surface area contributed by atoms with Gasteiger partial charge in [-0.3, -0.25) is 4.79 Å². The summed E-state index contributed by atoms with van der Waals surface area (Å²) in [5.41, 5.74) is 1.32. The van der Waals surface area contributed by atoms with Crippen LogP contribution in [0.15, 0.2) is 52.4 Å². The average Bonchev–Trinajstić information content (AvgIpc) is 3.13. The van der Waals surface area contributed by atoms with E-state index in [-0.39, 0.29) is 22.8 Å². The van der Waals surface area contributed by atoms with Crippen molar-refractivity contribution in [2.24, 2.45) is 4.99 Å². The van der Waals surface area contributed by atoms with Crippen LogP contribution in [0.1, 0.15) is 34.6 Å². The van der Waals surface area contributed by atoms with Crippen molar-refractivity contribution >= 4 is 55.0 Å². The lowest BCUT2D eigenvalue weighted by molar-refractivity contribution is 0.0526. The molecule has 0 bridgehead atoms. The zero-order valence-electron chi connectivity index (χ0n) is 18.0. The second kappa shape index (κ2) is 10.5. The van der Waals surface area contributed by atoms with Crippen LogP contribution in [0, 0.1) is 0 Å². The van der Waals surface area contributed by atoms with Crippen molar-refractivity contribution in [2.75, 3.05) is 24.4 Å². The molecule has 1 aromatic heterocycles. The molecule has 0 spiro atoms. The molecule has 1 amide bonds. The molecule has 0 radical (unpaired) electrons. The van der Waals surface area contributed by atoms with Crippen molar-refractivity contribution in [3.63, 3.8) is 0 Å². The number of sulfone groups is 1. The SMILES string of the molecule is CCOC(=O)c1ccc2c(c1)sc(=NC(=O)c1ccccc1S(=O)(=O)CC)n2CCSC. The van der Waals surface area contributed by atoms with E-state index >= 15 is 0 Å². The molecule has 1 heterocycles. The highest BCUT2D eigenvalue weighted by atomic mass is 32.2. The van der Waals surface area contributed by atoms with E-state index < -0.39 is 21.7 Å². The highest BCUT2D eigenvalue weighted by molar-refractivity contribution is 7.98. The van der Waals surface area contributed by atoms with Gasteiger partial charge in [-0.2, -0.15) is 16.8 Å². The molecule has 0 saturated carbocycles. The van der Waals surface area contributed by atoms with E-state index in [4.69, 9.17) is 4.74 Å². The minimum atomic E-state index is -3.57. The molecule has 0 aliphatic heterocycles. The number of thioether (sulfide) groups is 1. The number of rotatable bonds is 8. The van der Waals surface area contributed by atoms with Gasteiger partial charge in [-0.25, -0.2) is 13.2 Å². The molecule has 170 valence electrons. The Morgan fingerprint density at radius 1 is 1.16 bits per heavy atom. The van der Waals surface area contributed by atoms with Crippen molar-refractivity contribution in [3.8, 4) is 0 Å². The van der Waals surface area contributed by atoms with Gasteiger partial charge in [0.1, 0.15) is 0 Å². The molecule has 3 aromatic rings. The highest BCUT2D eigenvalue weighted by Crippen LogP contribution is 2.22. The van der Waals surface area contributed by atoms with E-state index in [9.17, 15) is 18.0 Å². The van der Waals surface area contributed by atoms with Crippen molar-refractivity contribution < 1.29 is 22.7 Å². The van der Waals surface area contributed by atoms with Gasteiger partial charge in [-0.05, 0) is 43.5 Å². The van der Waals surface area contributed by atoms with Gasteiger partial charge in [-0.1, -0.05) is 30.4 Å². The van der Waals surface area contributed by atoms with Gasteiger partial charge < -0.3 is 9.30 Å². The zero-order valence-corrected chi connectivity index (χ0v) is 20.5. The summed E-state index contributed by atoms with van der Waals surface area (Å²) in [5.74, 6) is -0.336. The Morgan fingerprint density at radius 2 is 1.91 bits per heavy atom. The van der Waals surface area contributed by atoms with Gasteiger partial charge >= 0.3 is 5.97 Å². The Bertz CT molecular complexity index is 1320. The maximum absolute atomic E-state index is 13.0. The summed E-state index contributed by atoms with van der Waals surface area (Å²) in [6.45, 7) is 4.18. The van der Waals surface area contributed by atoms with Crippen LogP contribution in [-0.2, 0) is 21.1 Å². The largest absolute Gasteiger partial charge is 0.462 e. The standard InChI is InChI=1S/C22H24N2O5S3/c1-4-29-21(26)15-10-11-17-18(14-15)31-22(24(17)12-13-30-3)23-20(25)16-8-6-7-9-19(16)32(27,28)5-2/h6-11,14H,4-5,12-13H2,1-3H3. The molecular formula is C22H24N2O5S3. The number of thiazole rings is 1. The van der Waals surface area contributed by atoms with Gasteiger partial charge in [-0.15, -0.1) is 0 Å². The molecule has 3 rings (SSSR count). The fourth-order valence-corrected chi connectivity index (χ4v) is 5.66. The minimum Gasteiger partial charge on any atom is -0.462 e. The number of carbonyl (C=O) groups excluding carboxylic acids is 2. The fourth-order valence-electron chi connectivity index (χ4n) is 3.12. The summed E-state index contributed by atoms with van der Waals surface area (Å²) >= 11 is 2.93. The first-order valence-electron chi connectivity index (χ1n) is 10.0. The number of aromatic nitrogens is 1. The molecule has 0 aliphatic rings. The topological polar surface area (TPSA) is 94.8 Å².